The molecule has 0 spiro atoms. The second-order valence-electron chi connectivity index (χ2n) is 6.11. The van der Waals surface area contributed by atoms with Crippen molar-refractivity contribution < 1.29 is 9.18 Å². The Morgan fingerprint density at radius 3 is 2.20 bits per heavy atom. The molecule has 1 amide bonds. The first kappa shape index (κ1) is 23.9. The Hall–Kier alpha value is -1.08. The molecule has 1 heterocycles. The average molecular weight is 395 g/mol. The third-order valence-electron chi connectivity index (χ3n) is 4.51. The van der Waals surface area contributed by atoms with Crippen LogP contribution in [0.1, 0.15) is 13.8 Å². The van der Waals surface area contributed by atoms with Gasteiger partial charge in [-0.3, -0.25) is 9.69 Å². The van der Waals surface area contributed by atoms with Gasteiger partial charge in [-0.25, -0.2) is 4.39 Å². The van der Waals surface area contributed by atoms with Gasteiger partial charge in [-0.05, 0) is 45.2 Å². The van der Waals surface area contributed by atoms with Gasteiger partial charge < -0.3 is 15.5 Å². The summed E-state index contributed by atoms with van der Waals surface area (Å²) < 4.78 is 13.0. The molecule has 2 rings (SSSR count). The lowest BCUT2D eigenvalue weighted by atomic mass is 10.2. The highest BCUT2D eigenvalue weighted by Gasteiger charge is 2.25. The number of carbonyl (C=O) groups excluding carboxylic acids is 1. The van der Waals surface area contributed by atoms with Crippen LogP contribution in [-0.2, 0) is 4.79 Å². The number of carbonyl (C=O) groups is 1. The second-order valence-corrected chi connectivity index (χ2v) is 6.11. The molecule has 0 radical (unpaired) electrons. The van der Waals surface area contributed by atoms with Crippen LogP contribution in [0.3, 0.4) is 0 Å². The Labute approximate surface area is 162 Å². The zero-order chi connectivity index (χ0) is 16.8. The molecule has 5 nitrogen and oxygen atoms in total. The molecule has 1 aliphatic heterocycles. The molecular weight excluding hydrogens is 366 g/mol. The minimum Gasteiger partial charge on any atom is -0.369 e. The van der Waals surface area contributed by atoms with Crippen LogP contribution in [0.5, 0.6) is 0 Å². The summed E-state index contributed by atoms with van der Waals surface area (Å²) in [4.78, 5) is 16.6. The lowest BCUT2D eigenvalue weighted by Gasteiger charge is -2.38. The predicted molar refractivity (Wildman–Crippen MR) is 106 cm³/mol. The van der Waals surface area contributed by atoms with Crippen LogP contribution >= 0.6 is 24.8 Å². The van der Waals surface area contributed by atoms with Crippen LogP contribution in [-0.4, -0.2) is 62.7 Å². The number of amides is 1. The van der Waals surface area contributed by atoms with Crippen molar-refractivity contribution in [3.05, 3.63) is 30.1 Å². The van der Waals surface area contributed by atoms with Gasteiger partial charge in [0.2, 0.25) is 5.91 Å². The van der Waals surface area contributed by atoms with E-state index in [1.54, 1.807) is 12.1 Å². The third-order valence-corrected chi connectivity index (χ3v) is 4.51. The van der Waals surface area contributed by atoms with E-state index in [-0.39, 0.29) is 48.6 Å². The third kappa shape index (κ3) is 6.98. The first-order valence-electron chi connectivity index (χ1n) is 8.21. The quantitative estimate of drug-likeness (QED) is 0.773. The van der Waals surface area contributed by atoms with Crippen LogP contribution < -0.4 is 15.5 Å². The van der Waals surface area contributed by atoms with Gasteiger partial charge in [-0.1, -0.05) is 0 Å². The van der Waals surface area contributed by atoms with E-state index in [2.05, 4.69) is 20.4 Å². The van der Waals surface area contributed by atoms with Crippen molar-refractivity contribution in [1.82, 2.24) is 15.5 Å². The van der Waals surface area contributed by atoms with E-state index in [0.717, 1.165) is 31.9 Å². The molecule has 25 heavy (non-hydrogen) atoms. The molecule has 0 aromatic heterocycles. The zero-order valence-corrected chi connectivity index (χ0v) is 16.6. The summed E-state index contributed by atoms with van der Waals surface area (Å²) in [5.41, 5.74) is 1.03. The van der Waals surface area contributed by atoms with Gasteiger partial charge in [0.05, 0.1) is 6.04 Å². The van der Waals surface area contributed by atoms with Gasteiger partial charge in [0.25, 0.3) is 0 Å². The molecule has 1 fully saturated rings. The van der Waals surface area contributed by atoms with Gasteiger partial charge >= 0.3 is 0 Å². The lowest BCUT2D eigenvalue weighted by Crippen LogP contribution is -2.54. The summed E-state index contributed by atoms with van der Waals surface area (Å²) in [7, 11) is 1.88. The molecule has 0 bridgehead atoms. The van der Waals surface area contributed by atoms with E-state index in [0.29, 0.717) is 6.54 Å². The Bertz CT molecular complexity index is 510. The standard InChI is InChI=1S/C17H27FN4O.2ClH/c1-13(19-3)12-20-17(23)14(2)21-8-10-22(11-9-21)16-6-4-15(18)5-7-16;;/h4-7,13-14,19H,8-12H2,1-3H3,(H,20,23);2*1H. The maximum absolute atomic E-state index is 13.0. The van der Waals surface area contributed by atoms with Crippen LogP contribution in [0.4, 0.5) is 10.1 Å². The molecule has 144 valence electrons. The van der Waals surface area contributed by atoms with Gasteiger partial charge in [0.15, 0.2) is 0 Å². The molecular formula is C17H29Cl2FN4O. The smallest absolute Gasteiger partial charge is 0.237 e. The SMILES string of the molecule is CNC(C)CNC(=O)C(C)N1CCN(c2ccc(F)cc2)CC1.Cl.Cl. The minimum atomic E-state index is -0.214. The maximum atomic E-state index is 13.0. The van der Waals surface area contributed by atoms with Crippen LogP contribution in [0, 0.1) is 5.82 Å². The number of nitrogens with one attached hydrogen (secondary N) is 2. The number of hydrogen-bond donors (Lipinski definition) is 2. The predicted octanol–water partition coefficient (Wildman–Crippen LogP) is 1.90. The molecule has 0 aliphatic carbocycles. The first-order chi connectivity index (χ1) is 11.0. The van der Waals surface area contributed by atoms with Crippen LogP contribution in [0.15, 0.2) is 24.3 Å². The second kappa shape index (κ2) is 11.5. The molecule has 1 aromatic rings. The Morgan fingerprint density at radius 1 is 1.12 bits per heavy atom. The molecule has 0 saturated carbocycles. The van der Waals surface area contributed by atoms with Crippen LogP contribution in [0.25, 0.3) is 0 Å². The number of hydrogen-bond acceptors (Lipinski definition) is 4. The number of rotatable bonds is 6. The molecule has 1 aliphatic rings. The summed E-state index contributed by atoms with van der Waals surface area (Å²) in [5.74, 6) is -0.143. The summed E-state index contributed by atoms with van der Waals surface area (Å²) in [5, 5.41) is 6.09. The summed E-state index contributed by atoms with van der Waals surface area (Å²) in [6.07, 6.45) is 0. The minimum absolute atomic E-state index is 0. The Kier molecular flexibility index (Phi) is 11.0. The molecule has 2 atom stereocenters. The highest BCUT2D eigenvalue weighted by molar-refractivity contribution is 5.85. The number of piperazine rings is 1. The van der Waals surface area contributed by atoms with E-state index < -0.39 is 0 Å². The van der Waals surface area contributed by atoms with Crippen molar-refractivity contribution in [2.45, 2.75) is 25.9 Å². The van der Waals surface area contributed by atoms with Crippen molar-refractivity contribution in [2.24, 2.45) is 0 Å². The average Bonchev–Trinajstić information content (AvgIpc) is 2.59. The monoisotopic (exact) mass is 394 g/mol. The van der Waals surface area contributed by atoms with E-state index in [1.165, 1.54) is 12.1 Å². The first-order valence-corrected chi connectivity index (χ1v) is 8.21. The number of anilines is 1. The Morgan fingerprint density at radius 2 is 1.68 bits per heavy atom. The lowest BCUT2D eigenvalue weighted by molar-refractivity contribution is -0.126. The van der Waals surface area contributed by atoms with Gasteiger partial charge in [0, 0.05) is 44.5 Å². The number of nitrogens with zero attached hydrogens (tertiary/aromatic N) is 2. The van der Waals surface area contributed by atoms with Crippen LogP contribution in [0.2, 0.25) is 0 Å². The molecule has 2 N–H and O–H groups in total. The summed E-state index contributed by atoms with van der Waals surface area (Å²) in [6.45, 7) is 7.96. The highest BCUT2D eigenvalue weighted by Crippen LogP contribution is 2.17. The Balaban J connectivity index is 0.00000288. The molecule has 2 unspecified atom stereocenters. The van der Waals surface area contributed by atoms with Crippen molar-refractivity contribution in [3.8, 4) is 0 Å². The van der Waals surface area contributed by atoms with Crippen molar-refractivity contribution in [1.29, 1.82) is 0 Å². The van der Waals surface area contributed by atoms with E-state index in [4.69, 9.17) is 0 Å². The molecule has 1 aromatic carbocycles. The van der Waals surface area contributed by atoms with Crippen molar-refractivity contribution >= 4 is 36.4 Å². The van der Waals surface area contributed by atoms with Gasteiger partial charge in [-0.15, -0.1) is 24.8 Å². The largest absolute Gasteiger partial charge is 0.369 e. The summed E-state index contributed by atoms with van der Waals surface area (Å²) >= 11 is 0. The number of halogens is 3. The van der Waals surface area contributed by atoms with E-state index in [1.807, 2.05) is 20.9 Å². The number of benzene rings is 1. The molecule has 1 saturated heterocycles. The fourth-order valence-corrected chi connectivity index (χ4v) is 2.69. The highest BCUT2D eigenvalue weighted by atomic mass is 35.5. The summed E-state index contributed by atoms with van der Waals surface area (Å²) in [6, 6.07) is 6.72. The fourth-order valence-electron chi connectivity index (χ4n) is 2.69. The van der Waals surface area contributed by atoms with Crippen molar-refractivity contribution in [3.63, 3.8) is 0 Å². The van der Waals surface area contributed by atoms with Crippen molar-refractivity contribution in [2.75, 3.05) is 44.7 Å². The molecule has 8 heteroatoms. The normalized spacial score (nSPS) is 17.0. The topological polar surface area (TPSA) is 47.6 Å². The number of likely N-dealkylation sites (N-methyl/N-ethyl adjacent to an activating group) is 1. The fraction of sp³-hybridized carbons (Fsp3) is 0.588. The van der Waals surface area contributed by atoms with Gasteiger partial charge in [-0.2, -0.15) is 0 Å². The van der Waals surface area contributed by atoms with E-state index in [9.17, 15) is 9.18 Å². The zero-order valence-electron chi connectivity index (χ0n) is 15.0. The van der Waals surface area contributed by atoms with Gasteiger partial charge in [0.1, 0.15) is 5.82 Å². The maximum Gasteiger partial charge on any atom is 0.237 e. The van der Waals surface area contributed by atoms with E-state index >= 15 is 0 Å².